The van der Waals surface area contributed by atoms with Gasteiger partial charge in [0.25, 0.3) is 0 Å². The second-order valence-corrected chi connectivity index (χ2v) is 11.2. The van der Waals surface area contributed by atoms with Gasteiger partial charge in [0.05, 0.1) is 11.9 Å². The molecule has 2 unspecified atom stereocenters. The zero-order chi connectivity index (χ0) is 27.8. The highest BCUT2D eigenvalue weighted by Gasteiger charge is 2.30. The Morgan fingerprint density at radius 3 is 2.30 bits per heavy atom. The first kappa shape index (κ1) is 30.5. The average Bonchev–Trinajstić information content (AvgIpc) is 2.83. The molecule has 1 N–H and O–H groups in total. The number of rotatable bonds is 13. The second-order valence-electron chi connectivity index (χ2n) is 8.89. The molecule has 0 aliphatic carbocycles. The number of carbonyl (C=O) groups excluding carboxylic acids is 2. The summed E-state index contributed by atoms with van der Waals surface area (Å²) in [6.45, 7) is 5.60. The van der Waals surface area contributed by atoms with Crippen molar-refractivity contribution in [3.8, 4) is 0 Å². The molecule has 0 aliphatic rings. The van der Waals surface area contributed by atoms with E-state index in [0.29, 0.717) is 17.0 Å². The predicted octanol–water partition coefficient (Wildman–Crippen LogP) is 4.89. The largest absolute Gasteiger partial charge is 0.352 e. The van der Waals surface area contributed by atoms with Gasteiger partial charge < -0.3 is 10.2 Å². The van der Waals surface area contributed by atoms with E-state index in [9.17, 15) is 26.8 Å². The summed E-state index contributed by atoms with van der Waals surface area (Å²) >= 11 is 6.33. The molecule has 2 aromatic carbocycles. The van der Waals surface area contributed by atoms with Crippen LogP contribution in [-0.2, 0) is 26.2 Å². The van der Waals surface area contributed by atoms with Gasteiger partial charge in [-0.2, -0.15) is 0 Å². The molecule has 0 saturated heterocycles. The van der Waals surface area contributed by atoms with Crippen molar-refractivity contribution in [2.75, 3.05) is 17.1 Å². The lowest BCUT2D eigenvalue weighted by Crippen LogP contribution is -2.50. The van der Waals surface area contributed by atoms with Gasteiger partial charge in [0.2, 0.25) is 21.8 Å². The quantitative estimate of drug-likeness (QED) is 0.380. The van der Waals surface area contributed by atoms with Crippen molar-refractivity contribution in [1.82, 2.24) is 10.2 Å². The van der Waals surface area contributed by atoms with Crippen molar-refractivity contribution < 1.29 is 26.8 Å². The number of amides is 2. The van der Waals surface area contributed by atoms with Crippen molar-refractivity contribution in [3.63, 3.8) is 0 Å². The fourth-order valence-electron chi connectivity index (χ4n) is 3.81. The van der Waals surface area contributed by atoms with E-state index in [1.54, 1.807) is 24.3 Å². The number of nitrogens with zero attached hydrogens (tertiary/aromatic N) is 2. The number of sulfonamides is 1. The van der Waals surface area contributed by atoms with Crippen LogP contribution in [0.3, 0.4) is 0 Å². The van der Waals surface area contributed by atoms with E-state index in [-0.39, 0.29) is 49.5 Å². The Morgan fingerprint density at radius 1 is 1.05 bits per heavy atom. The number of hydrogen-bond donors (Lipinski definition) is 1. The molecular formula is C26H34ClF2N3O4S. The van der Waals surface area contributed by atoms with E-state index in [0.717, 1.165) is 35.2 Å². The first-order valence-corrected chi connectivity index (χ1v) is 14.4. The fourth-order valence-corrected chi connectivity index (χ4v) is 4.97. The van der Waals surface area contributed by atoms with Gasteiger partial charge in [-0.1, -0.05) is 43.6 Å². The number of carbonyl (C=O) groups is 2. The molecule has 0 aliphatic heterocycles. The predicted molar refractivity (Wildman–Crippen MR) is 142 cm³/mol. The zero-order valence-corrected chi connectivity index (χ0v) is 23.1. The van der Waals surface area contributed by atoms with Gasteiger partial charge >= 0.3 is 0 Å². The van der Waals surface area contributed by atoms with E-state index in [2.05, 4.69) is 5.32 Å². The molecule has 37 heavy (non-hydrogen) atoms. The smallest absolute Gasteiger partial charge is 0.243 e. The van der Waals surface area contributed by atoms with Crippen molar-refractivity contribution in [2.45, 2.75) is 65.1 Å². The molecule has 11 heteroatoms. The topological polar surface area (TPSA) is 86.8 Å². The van der Waals surface area contributed by atoms with Crippen molar-refractivity contribution in [3.05, 3.63) is 64.7 Å². The highest BCUT2D eigenvalue weighted by Crippen LogP contribution is 2.23. The number of benzene rings is 2. The third-order valence-corrected chi connectivity index (χ3v) is 7.59. The number of anilines is 1. The van der Waals surface area contributed by atoms with Gasteiger partial charge in [0, 0.05) is 36.6 Å². The highest BCUT2D eigenvalue weighted by molar-refractivity contribution is 7.92. The number of hydrogen-bond acceptors (Lipinski definition) is 4. The van der Waals surface area contributed by atoms with Crippen LogP contribution in [-0.4, -0.2) is 50.0 Å². The third kappa shape index (κ3) is 8.67. The van der Waals surface area contributed by atoms with Gasteiger partial charge in [-0.15, -0.1) is 0 Å². The first-order chi connectivity index (χ1) is 17.4. The van der Waals surface area contributed by atoms with E-state index in [4.69, 9.17) is 11.6 Å². The maximum absolute atomic E-state index is 13.7. The van der Waals surface area contributed by atoms with Crippen LogP contribution in [0.1, 0.15) is 52.0 Å². The van der Waals surface area contributed by atoms with Gasteiger partial charge in [-0.25, -0.2) is 17.2 Å². The van der Waals surface area contributed by atoms with Crippen LogP contribution in [0.4, 0.5) is 14.5 Å². The number of nitrogens with one attached hydrogen (secondary N) is 1. The summed E-state index contributed by atoms with van der Waals surface area (Å²) in [5.41, 5.74) is 0.632. The average molecular weight is 558 g/mol. The Balaban J connectivity index is 2.25. The van der Waals surface area contributed by atoms with E-state index in [1.165, 1.54) is 4.90 Å². The van der Waals surface area contributed by atoms with E-state index < -0.39 is 27.7 Å². The van der Waals surface area contributed by atoms with Gasteiger partial charge in [-0.3, -0.25) is 13.9 Å². The lowest BCUT2D eigenvalue weighted by atomic mass is 10.1. The van der Waals surface area contributed by atoms with Gasteiger partial charge in [0.15, 0.2) is 11.6 Å². The Labute approximate surface area is 222 Å². The molecular weight excluding hydrogens is 524 g/mol. The minimum atomic E-state index is -3.83. The van der Waals surface area contributed by atoms with Crippen LogP contribution in [0.15, 0.2) is 42.5 Å². The van der Waals surface area contributed by atoms with Crippen LogP contribution in [0.2, 0.25) is 5.02 Å². The van der Waals surface area contributed by atoms with Crippen LogP contribution in [0.5, 0.6) is 0 Å². The van der Waals surface area contributed by atoms with Crippen LogP contribution >= 0.6 is 11.6 Å². The summed E-state index contributed by atoms with van der Waals surface area (Å²) in [5, 5.41) is 3.38. The summed E-state index contributed by atoms with van der Waals surface area (Å²) in [6, 6.07) is 9.02. The summed E-state index contributed by atoms with van der Waals surface area (Å²) in [5.74, 6) is -2.91. The molecule has 0 spiro atoms. The molecule has 7 nitrogen and oxygen atoms in total. The first-order valence-electron chi connectivity index (χ1n) is 12.1. The van der Waals surface area contributed by atoms with Crippen molar-refractivity contribution in [1.29, 1.82) is 0 Å². The molecule has 0 saturated carbocycles. The molecule has 0 aromatic heterocycles. The van der Waals surface area contributed by atoms with Crippen LogP contribution in [0, 0.1) is 11.6 Å². The summed E-state index contributed by atoms with van der Waals surface area (Å²) in [6.07, 6.45) is 2.06. The van der Waals surface area contributed by atoms with Crippen LogP contribution in [0.25, 0.3) is 0 Å². The standard InChI is InChI=1S/C26H34ClF2N3O4S/c1-5-18(3)30-26(34)24(6-2)31(17-19-10-7-8-11-21(19)27)25(33)12-9-15-32(37(4,35)36)20-13-14-22(28)23(29)16-20/h7-8,10-11,13-14,16,18,24H,5-6,9,12,15,17H2,1-4H3,(H,30,34). The molecule has 2 atom stereocenters. The van der Waals surface area contributed by atoms with Gasteiger partial charge in [-0.05, 0) is 49.9 Å². The number of halogens is 3. The molecule has 0 radical (unpaired) electrons. The molecule has 0 heterocycles. The zero-order valence-electron chi connectivity index (χ0n) is 21.5. The van der Waals surface area contributed by atoms with E-state index in [1.807, 2.05) is 20.8 Å². The Hall–Kier alpha value is -2.72. The summed E-state index contributed by atoms with van der Waals surface area (Å²) < 4.78 is 52.7. The third-order valence-electron chi connectivity index (χ3n) is 6.03. The minimum Gasteiger partial charge on any atom is -0.352 e. The fraction of sp³-hybridized carbons (Fsp3) is 0.462. The Morgan fingerprint density at radius 2 is 1.73 bits per heavy atom. The molecule has 0 fully saturated rings. The normalized spacial score (nSPS) is 13.1. The molecule has 2 amide bonds. The SMILES string of the molecule is CCC(C)NC(=O)C(CC)N(Cc1ccccc1Cl)C(=O)CCCN(c1ccc(F)c(F)c1)S(C)(=O)=O. The van der Waals surface area contributed by atoms with Crippen molar-refractivity contribution in [2.24, 2.45) is 0 Å². The van der Waals surface area contributed by atoms with Gasteiger partial charge in [0.1, 0.15) is 6.04 Å². The summed E-state index contributed by atoms with van der Waals surface area (Å²) in [7, 11) is -3.83. The lowest BCUT2D eigenvalue weighted by Gasteiger charge is -2.32. The minimum absolute atomic E-state index is 0.0406. The highest BCUT2D eigenvalue weighted by atomic mass is 35.5. The van der Waals surface area contributed by atoms with E-state index >= 15 is 0 Å². The second kappa shape index (κ2) is 13.7. The Kier molecular flexibility index (Phi) is 11.3. The van der Waals surface area contributed by atoms with Crippen LogP contribution < -0.4 is 9.62 Å². The maximum Gasteiger partial charge on any atom is 0.243 e. The molecule has 204 valence electrons. The molecule has 2 rings (SSSR count). The summed E-state index contributed by atoms with van der Waals surface area (Å²) in [4.78, 5) is 27.9. The molecule has 0 bridgehead atoms. The monoisotopic (exact) mass is 557 g/mol. The lowest BCUT2D eigenvalue weighted by molar-refractivity contribution is -0.141. The Bertz CT molecular complexity index is 1200. The molecule has 2 aromatic rings. The maximum atomic E-state index is 13.7. The van der Waals surface area contributed by atoms with Crippen molar-refractivity contribution >= 4 is 39.1 Å².